The molecule has 2 aromatic carbocycles. The third-order valence-electron chi connectivity index (χ3n) is 5.01. The van der Waals surface area contributed by atoms with E-state index in [-0.39, 0.29) is 24.0 Å². The molecular weight excluding hydrogens is 494 g/mol. The maximum atomic E-state index is 13.1. The van der Waals surface area contributed by atoms with E-state index in [0.717, 1.165) is 17.3 Å². The first-order chi connectivity index (χ1) is 15.5. The highest BCUT2D eigenvalue weighted by molar-refractivity contribution is 9.10. The van der Waals surface area contributed by atoms with E-state index in [1.807, 2.05) is 32.9 Å². The zero-order valence-corrected chi connectivity index (χ0v) is 20.3. The van der Waals surface area contributed by atoms with Crippen molar-refractivity contribution in [2.24, 2.45) is 0 Å². The second kappa shape index (κ2) is 10.2. The average Bonchev–Trinajstić information content (AvgIpc) is 3.20. The molecule has 1 saturated heterocycles. The number of carbonyl (C=O) groups excluding carboxylic acids is 2. The minimum atomic E-state index is -0.651. The van der Waals surface area contributed by atoms with Crippen molar-refractivity contribution >= 4 is 39.5 Å². The number of likely N-dealkylation sites (tertiary alicyclic amines) is 1. The smallest absolute Gasteiger partial charge is 0.419 e. The lowest BCUT2D eigenvalue weighted by Gasteiger charge is -2.32. The Hall–Kier alpha value is -3.14. The lowest BCUT2D eigenvalue weighted by atomic mass is 10.2. The van der Waals surface area contributed by atoms with Gasteiger partial charge in [0.2, 0.25) is 0 Å². The van der Waals surface area contributed by atoms with Crippen LogP contribution >= 0.6 is 15.9 Å². The minimum Gasteiger partial charge on any atom is -0.444 e. The Balaban J connectivity index is 1.80. The molecule has 2 aromatic rings. The molecule has 0 bridgehead atoms. The van der Waals surface area contributed by atoms with Crippen LogP contribution in [-0.4, -0.2) is 46.7 Å². The van der Waals surface area contributed by atoms with Crippen LogP contribution in [0.4, 0.5) is 21.0 Å². The molecule has 0 N–H and O–H groups in total. The van der Waals surface area contributed by atoms with Gasteiger partial charge in [0, 0.05) is 35.4 Å². The van der Waals surface area contributed by atoms with Crippen molar-refractivity contribution < 1.29 is 24.0 Å². The van der Waals surface area contributed by atoms with Crippen LogP contribution < -0.4 is 9.64 Å². The molecule has 1 atom stereocenters. The van der Waals surface area contributed by atoms with Crippen LogP contribution in [0.3, 0.4) is 0 Å². The summed E-state index contributed by atoms with van der Waals surface area (Å²) >= 11 is 3.39. The fraction of sp³-hybridized carbons (Fsp3) is 0.391. The Bertz CT molecular complexity index is 1000. The van der Waals surface area contributed by atoms with Crippen LogP contribution in [0.5, 0.6) is 5.75 Å². The van der Waals surface area contributed by atoms with E-state index in [9.17, 15) is 19.7 Å². The molecule has 10 heteroatoms. The largest absolute Gasteiger partial charge is 0.444 e. The van der Waals surface area contributed by atoms with Crippen molar-refractivity contribution in [3.63, 3.8) is 0 Å². The van der Waals surface area contributed by atoms with E-state index < -0.39 is 22.7 Å². The van der Waals surface area contributed by atoms with Crippen molar-refractivity contribution in [2.75, 3.05) is 18.0 Å². The van der Waals surface area contributed by atoms with Crippen LogP contribution in [0.25, 0.3) is 0 Å². The van der Waals surface area contributed by atoms with E-state index in [4.69, 9.17) is 9.47 Å². The summed E-state index contributed by atoms with van der Waals surface area (Å²) in [4.78, 5) is 39.3. The molecule has 0 aromatic heterocycles. The van der Waals surface area contributed by atoms with Crippen LogP contribution in [0.15, 0.2) is 53.0 Å². The summed E-state index contributed by atoms with van der Waals surface area (Å²) in [6.45, 7) is 6.20. The highest BCUT2D eigenvalue weighted by Gasteiger charge is 2.35. The molecule has 1 unspecified atom stereocenters. The summed E-state index contributed by atoms with van der Waals surface area (Å²) in [5, 5.41) is 10.9. The van der Waals surface area contributed by atoms with Crippen molar-refractivity contribution in [3.05, 3.63) is 63.1 Å². The number of nitro benzene ring substituents is 1. The Morgan fingerprint density at radius 1 is 1.15 bits per heavy atom. The van der Waals surface area contributed by atoms with E-state index in [0.29, 0.717) is 12.2 Å². The molecule has 1 heterocycles. The number of hydrogen-bond donors (Lipinski definition) is 0. The molecule has 0 saturated carbocycles. The van der Waals surface area contributed by atoms with Gasteiger partial charge in [-0.1, -0.05) is 15.9 Å². The Morgan fingerprint density at radius 2 is 1.79 bits per heavy atom. The fourth-order valence-electron chi connectivity index (χ4n) is 3.50. The lowest BCUT2D eigenvalue weighted by Crippen LogP contribution is -2.47. The third kappa shape index (κ3) is 6.67. The van der Waals surface area contributed by atoms with Crippen LogP contribution in [-0.2, 0) is 4.74 Å². The van der Waals surface area contributed by atoms with Gasteiger partial charge in [0.05, 0.1) is 11.0 Å². The molecule has 1 fully saturated rings. The number of amides is 2. The Labute approximate surface area is 200 Å². The maximum Gasteiger partial charge on any atom is 0.419 e. The number of nitro groups is 1. The molecule has 176 valence electrons. The maximum absolute atomic E-state index is 13.1. The van der Waals surface area contributed by atoms with Gasteiger partial charge in [-0.15, -0.1) is 0 Å². The standard InChI is InChI=1S/C23H26BrN3O6/c1-23(2,3)33-22(29)25-14-4-5-19(25)15-26(17-8-6-16(24)7-9-17)21(28)32-20-12-10-18(11-13-20)27(30)31/h6-13,19H,4-5,14-15H2,1-3H3. The molecule has 1 aliphatic rings. The zero-order chi connectivity index (χ0) is 24.2. The topological polar surface area (TPSA) is 102 Å². The number of benzene rings is 2. The van der Waals surface area contributed by atoms with Gasteiger partial charge in [0.1, 0.15) is 11.4 Å². The third-order valence-corrected chi connectivity index (χ3v) is 5.54. The first-order valence-electron chi connectivity index (χ1n) is 10.5. The summed E-state index contributed by atoms with van der Waals surface area (Å²) < 4.78 is 11.9. The predicted octanol–water partition coefficient (Wildman–Crippen LogP) is 5.76. The van der Waals surface area contributed by atoms with Crippen molar-refractivity contribution in [1.82, 2.24) is 4.90 Å². The number of carbonyl (C=O) groups is 2. The number of nitrogens with zero attached hydrogens (tertiary/aromatic N) is 3. The van der Waals surface area contributed by atoms with Gasteiger partial charge < -0.3 is 14.4 Å². The summed E-state index contributed by atoms with van der Waals surface area (Å²) in [6, 6.07) is 12.2. The summed E-state index contributed by atoms with van der Waals surface area (Å²) in [7, 11) is 0. The second-order valence-electron chi connectivity index (χ2n) is 8.68. The number of anilines is 1. The SMILES string of the molecule is CC(C)(C)OC(=O)N1CCCC1CN(C(=O)Oc1ccc([N+](=O)[O-])cc1)c1ccc(Br)cc1. The molecule has 9 nitrogen and oxygen atoms in total. The van der Waals surface area contributed by atoms with Gasteiger partial charge in [-0.2, -0.15) is 0 Å². The summed E-state index contributed by atoms with van der Waals surface area (Å²) in [6.07, 6.45) is 0.457. The van der Waals surface area contributed by atoms with E-state index in [1.165, 1.54) is 29.2 Å². The highest BCUT2D eigenvalue weighted by Crippen LogP contribution is 2.26. The zero-order valence-electron chi connectivity index (χ0n) is 18.7. The normalized spacial score (nSPS) is 15.8. The van der Waals surface area contributed by atoms with Crippen LogP contribution in [0.1, 0.15) is 33.6 Å². The van der Waals surface area contributed by atoms with Gasteiger partial charge in [0.25, 0.3) is 5.69 Å². The minimum absolute atomic E-state index is 0.0986. The molecular formula is C23H26BrN3O6. The van der Waals surface area contributed by atoms with Crippen molar-refractivity contribution in [3.8, 4) is 5.75 Å². The van der Waals surface area contributed by atoms with E-state index in [2.05, 4.69) is 15.9 Å². The first kappa shape index (κ1) is 24.5. The monoisotopic (exact) mass is 519 g/mol. The van der Waals surface area contributed by atoms with Gasteiger partial charge in [-0.3, -0.25) is 15.0 Å². The number of halogens is 1. The Morgan fingerprint density at radius 3 is 2.36 bits per heavy atom. The second-order valence-corrected chi connectivity index (χ2v) is 9.59. The van der Waals surface area contributed by atoms with Gasteiger partial charge in [-0.05, 0) is 70.0 Å². The highest BCUT2D eigenvalue weighted by atomic mass is 79.9. The lowest BCUT2D eigenvalue weighted by molar-refractivity contribution is -0.384. The summed E-state index contributed by atoms with van der Waals surface area (Å²) in [5.41, 5.74) is -0.121. The number of non-ortho nitro benzene ring substituents is 1. The van der Waals surface area contributed by atoms with Gasteiger partial charge in [0.15, 0.2) is 0 Å². The molecule has 0 aliphatic carbocycles. The predicted molar refractivity (Wildman–Crippen MR) is 127 cm³/mol. The van der Waals surface area contributed by atoms with Gasteiger partial charge in [-0.25, -0.2) is 9.59 Å². The van der Waals surface area contributed by atoms with E-state index >= 15 is 0 Å². The molecule has 0 spiro atoms. The first-order valence-corrected chi connectivity index (χ1v) is 11.3. The number of rotatable bonds is 5. The van der Waals surface area contributed by atoms with Gasteiger partial charge >= 0.3 is 12.2 Å². The van der Waals surface area contributed by atoms with Crippen LogP contribution in [0, 0.1) is 10.1 Å². The number of ether oxygens (including phenoxy) is 2. The molecule has 1 aliphatic heterocycles. The van der Waals surface area contributed by atoms with Crippen molar-refractivity contribution in [2.45, 2.75) is 45.3 Å². The van der Waals surface area contributed by atoms with E-state index in [1.54, 1.807) is 17.0 Å². The molecule has 2 amide bonds. The molecule has 33 heavy (non-hydrogen) atoms. The summed E-state index contributed by atoms with van der Waals surface area (Å²) in [5.74, 6) is 0.183. The Kier molecular flexibility index (Phi) is 7.57. The fourth-order valence-corrected chi connectivity index (χ4v) is 3.76. The van der Waals surface area contributed by atoms with Crippen molar-refractivity contribution in [1.29, 1.82) is 0 Å². The number of hydrogen-bond acceptors (Lipinski definition) is 6. The average molecular weight is 520 g/mol. The molecule has 0 radical (unpaired) electrons. The van der Waals surface area contributed by atoms with Crippen LogP contribution in [0.2, 0.25) is 0 Å². The quantitative estimate of drug-likeness (QED) is 0.367. The molecule has 3 rings (SSSR count).